The summed E-state index contributed by atoms with van der Waals surface area (Å²) < 4.78 is 11.1. The molecule has 0 saturated carbocycles. The summed E-state index contributed by atoms with van der Waals surface area (Å²) >= 11 is 0. The normalized spacial score (nSPS) is 24.1. The van der Waals surface area contributed by atoms with Crippen molar-refractivity contribution in [1.29, 1.82) is 0 Å². The first-order valence-corrected chi connectivity index (χ1v) is 14.0. The Bertz CT molecular complexity index is 809. The lowest BCUT2D eigenvalue weighted by Gasteiger charge is -2.38. The highest BCUT2D eigenvalue weighted by Gasteiger charge is 2.43. The van der Waals surface area contributed by atoms with Crippen molar-refractivity contribution in [3.05, 3.63) is 48.2 Å². The Labute approximate surface area is 222 Å². The molecule has 1 aromatic rings. The van der Waals surface area contributed by atoms with Gasteiger partial charge in [-0.15, -0.1) is 0 Å². The van der Waals surface area contributed by atoms with E-state index in [2.05, 4.69) is 12.2 Å². The maximum Gasteiger partial charge on any atom is 0.247 e. The highest BCUT2D eigenvalue weighted by molar-refractivity contribution is 5.88. The van der Waals surface area contributed by atoms with Crippen LogP contribution in [0, 0.1) is 0 Å². The fraction of sp³-hybridized carbons (Fsp3) is 0.633. The molecule has 0 radical (unpaired) electrons. The minimum absolute atomic E-state index is 0.155. The zero-order chi connectivity index (χ0) is 26.9. The molecular formula is C30H47NO6. The molecule has 7 heteroatoms. The third kappa shape index (κ3) is 12.3. The van der Waals surface area contributed by atoms with Crippen LogP contribution in [0.1, 0.15) is 96.5 Å². The minimum Gasteiger partial charge on any atom is -0.462 e. The van der Waals surface area contributed by atoms with E-state index in [0.717, 1.165) is 18.4 Å². The van der Waals surface area contributed by atoms with Gasteiger partial charge in [0.2, 0.25) is 12.2 Å². The fourth-order valence-corrected chi connectivity index (χ4v) is 4.29. The smallest absolute Gasteiger partial charge is 0.247 e. The molecule has 1 aliphatic rings. The number of unbranched alkanes of at least 4 members (excludes halogenated alkanes) is 11. The van der Waals surface area contributed by atoms with E-state index < -0.39 is 30.7 Å². The lowest BCUT2D eigenvalue weighted by molar-refractivity contribution is -0.268. The summed E-state index contributed by atoms with van der Waals surface area (Å²) in [5.41, 5.74) is 0.853. The van der Waals surface area contributed by atoms with Crippen molar-refractivity contribution < 1.29 is 29.6 Å². The molecule has 1 heterocycles. The van der Waals surface area contributed by atoms with Gasteiger partial charge in [-0.3, -0.25) is 4.79 Å². The van der Waals surface area contributed by atoms with Gasteiger partial charge in [0.1, 0.15) is 24.1 Å². The largest absolute Gasteiger partial charge is 0.462 e. The van der Waals surface area contributed by atoms with E-state index >= 15 is 0 Å². The van der Waals surface area contributed by atoms with Crippen LogP contribution in [0.4, 0.5) is 0 Å². The van der Waals surface area contributed by atoms with Crippen molar-refractivity contribution in [2.75, 3.05) is 0 Å². The zero-order valence-electron chi connectivity index (χ0n) is 22.6. The van der Waals surface area contributed by atoms with E-state index in [1.165, 1.54) is 64.2 Å². The van der Waals surface area contributed by atoms with Gasteiger partial charge in [0.05, 0.1) is 6.10 Å². The van der Waals surface area contributed by atoms with Crippen LogP contribution in [0.3, 0.4) is 0 Å². The van der Waals surface area contributed by atoms with Crippen LogP contribution in [-0.2, 0) is 9.53 Å². The number of hydrogen-bond acceptors (Lipinski definition) is 6. The molecule has 1 aliphatic heterocycles. The molecule has 1 amide bonds. The molecule has 1 aromatic carbocycles. The second kappa shape index (κ2) is 18.1. The molecule has 0 unspecified atom stereocenters. The Kier molecular flexibility index (Phi) is 15.2. The standard InChI is InChI=1S/C30H47NO6/c1-3-4-5-6-7-8-9-10-11-12-13-14-15-16-26(32)31-22-21-24-17-19-25(20-18-24)37-30-29(35)28(34)27(33)23(2)36-30/h15-23,27-30,33-35H,3-14H2,1-2H3,(H,31,32)/t23-,27-,28+,29+,30-/m0/s1. The Morgan fingerprint density at radius 1 is 0.892 bits per heavy atom. The first-order valence-electron chi connectivity index (χ1n) is 14.0. The zero-order valence-corrected chi connectivity index (χ0v) is 22.6. The predicted octanol–water partition coefficient (Wildman–Crippen LogP) is 5.24. The number of carbonyl (C=O) groups is 1. The van der Waals surface area contributed by atoms with E-state index in [1.807, 2.05) is 6.08 Å². The lowest BCUT2D eigenvalue weighted by Crippen LogP contribution is -2.58. The van der Waals surface area contributed by atoms with Gasteiger partial charge >= 0.3 is 0 Å². The van der Waals surface area contributed by atoms with Crippen LogP contribution >= 0.6 is 0 Å². The SMILES string of the molecule is CCCCCCCCCCCCCC=CC(=O)NC=Cc1ccc(O[C@@H]2O[C@@H](C)[C@H](O)[C@@H](O)[C@H]2O)cc1. The molecule has 2 rings (SSSR count). The fourth-order valence-electron chi connectivity index (χ4n) is 4.29. The first-order chi connectivity index (χ1) is 17.9. The Hall–Kier alpha value is -2.19. The molecule has 0 spiro atoms. The van der Waals surface area contributed by atoms with Crippen molar-refractivity contribution in [1.82, 2.24) is 5.32 Å². The van der Waals surface area contributed by atoms with Crippen LogP contribution < -0.4 is 10.1 Å². The number of ether oxygens (including phenoxy) is 2. The van der Waals surface area contributed by atoms with E-state index in [4.69, 9.17) is 9.47 Å². The van der Waals surface area contributed by atoms with Gasteiger partial charge in [0, 0.05) is 6.20 Å². The van der Waals surface area contributed by atoms with Gasteiger partial charge in [-0.05, 0) is 49.6 Å². The Morgan fingerprint density at radius 2 is 1.49 bits per heavy atom. The number of carbonyl (C=O) groups excluding carboxylic acids is 1. The van der Waals surface area contributed by atoms with Crippen LogP contribution in [0.15, 0.2) is 42.6 Å². The highest BCUT2D eigenvalue weighted by atomic mass is 16.7. The van der Waals surface area contributed by atoms with E-state index in [0.29, 0.717) is 5.75 Å². The first kappa shape index (κ1) is 31.0. The number of aliphatic hydroxyl groups is 3. The monoisotopic (exact) mass is 517 g/mol. The van der Waals surface area contributed by atoms with E-state index in [1.54, 1.807) is 49.5 Å². The van der Waals surface area contributed by atoms with Crippen molar-refractivity contribution in [2.45, 2.75) is 122 Å². The maximum absolute atomic E-state index is 12.0. The molecular weight excluding hydrogens is 470 g/mol. The molecule has 1 fully saturated rings. The molecule has 5 atom stereocenters. The highest BCUT2D eigenvalue weighted by Crippen LogP contribution is 2.24. The van der Waals surface area contributed by atoms with Crippen LogP contribution in [-0.4, -0.2) is 51.9 Å². The number of aliphatic hydroxyl groups excluding tert-OH is 3. The molecule has 0 aromatic heterocycles. The molecule has 4 N–H and O–H groups in total. The number of rotatable bonds is 17. The van der Waals surface area contributed by atoms with E-state index in [-0.39, 0.29) is 5.91 Å². The number of allylic oxidation sites excluding steroid dienone is 1. The number of hydrogen-bond donors (Lipinski definition) is 4. The average Bonchev–Trinajstić information content (AvgIpc) is 2.89. The lowest BCUT2D eigenvalue weighted by atomic mass is 10.00. The summed E-state index contributed by atoms with van der Waals surface area (Å²) in [5, 5.41) is 32.5. The predicted molar refractivity (Wildman–Crippen MR) is 147 cm³/mol. The number of amides is 1. The van der Waals surface area contributed by atoms with Gasteiger partial charge in [-0.2, -0.15) is 0 Å². The van der Waals surface area contributed by atoms with Crippen molar-refractivity contribution >= 4 is 12.0 Å². The van der Waals surface area contributed by atoms with Gasteiger partial charge in [0.25, 0.3) is 0 Å². The second-order valence-corrected chi connectivity index (χ2v) is 9.94. The van der Waals surface area contributed by atoms with Crippen LogP contribution in [0.25, 0.3) is 6.08 Å². The van der Waals surface area contributed by atoms with Crippen LogP contribution in [0.5, 0.6) is 5.75 Å². The Balaban J connectivity index is 1.56. The van der Waals surface area contributed by atoms with Crippen molar-refractivity contribution in [3.63, 3.8) is 0 Å². The van der Waals surface area contributed by atoms with E-state index in [9.17, 15) is 20.1 Å². The van der Waals surface area contributed by atoms with Crippen molar-refractivity contribution in [3.8, 4) is 5.75 Å². The topological polar surface area (TPSA) is 108 Å². The molecule has 1 saturated heterocycles. The summed E-state index contributed by atoms with van der Waals surface area (Å²) in [4.78, 5) is 12.0. The van der Waals surface area contributed by atoms with Gasteiger partial charge in [-0.1, -0.05) is 89.3 Å². The summed E-state index contributed by atoms with van der Waals surface area (Å²) in [6.45, 7) is 3.86. The molecule has 37 heavy (non-hydrogen) atoms. The quantitative estimate of drug-likeness (QED) is 0.166. The van der Waals surface area contributed by atoms with Gasteiger partial charge < -0.3 is 30.1 Å². The summed E-state index contributed by atoms with van der Waals surface area (Å²) in [6.07, 6.45) is 16.7. The average molecular weight is 518 g/mol. The third-order valence-corrected chi connectivity index (χ3v) is 6.69. The number of benzene rings is 1. The molecule has 208 valence electrons. The van der Waals surface area contributed by atoms with Crippen molar-refractivity contribution in [2.24, 2.45) is 0 Å². The molecule has 7 nitrogen and oxygen atoms in total. The number of nitrogens with one attached hydrogen (secondary N) is 1. The Morgan fingerprint density at radius 3 is 2.11 bits per heavy atom. The minimum atomic E-state index is -1.36. The molecule has 0 aliphatic carbocycles. The third-order valence-electron chi connectivity index (χ3n) is 6.69. The summed E-state index contributed by atoms with van der Waals surface area (Å²) in [7, 11) is 0. The molecule has 0 bridgehead atoms. The maximum atomic E-state index is 12.0. The summed E-state index contributed by atoms with van der Waals surface area (Å²) in [5.74, 6) is 0.295. The van der Waals surface area contributed by atoms with Gasteiger partial charge in [0.15, 0.2) is 0 Å². The van der Waals surface area contributed by atoms with Crippen LogP contribution in [0.2, 0.25) is 0 Å². The van der Waals surface area contributed by atoms with Gasteiger partial charge in [-0.25, -0.2) is 0 Å². The summed E-state index contributed by atoms with van der Waals surface area (Å²) in [6, 6.07) is 6.99. The second-order valence-electron chi connectivity index (χ2n) is 9.94.